The van der Waals surface area contributed by atoms with Crippen LogP contribution in [0.1, 0.15) is 52.1 Å². The first kappa shape index (κ1) is 16.3. The maximum atomic E-state index is 14.5. The summed E-state index contributed by atoms with van der Waals surface area (Å²) in [5, 5.41) is 3.45. The van der Waals surface area contributed by atoms with Crippen molar-refractivity contribution in [2.45, 2.75) is 46.6 Å². The molecule has 2 rings (SSSR count). The molecule has 1 saturated heterocycles. The average Bonchev–Trinajstić information content (AvgIpc) is 2.44. The van der Waals surface area contributed by atoms with Gasteiger partial charge in [-0.05, 0) is 55.8 Å². The molecule has 1 aliphatic heterocycles. The van der Waals surface area contributed by atoms with Crippen LogP contribution in [0.2, 0.25) is 0 Å². The minimum Gasteiger partial charge on any atom is -0.369 e. The summed E-state index contributed by atoms with van der Waals surface area (Å²) in [7, 11) is 0. The van der Waals surface area contributed by atoms with Gasteiger partial charge in [-0.3, -0.25) is 0 Å². The molecule has 0 saturated carbocycles. The lowest BCUT2D eigenvalue weighted by Crippen LogP contribution is -2.34. The lowest BCUT2D eigenvalue weighted by atomic mass is 9.99. The Kier molecular flexibility index (Phi) is 5.63. The second-order valence-corrected chi connectivity index (χ2v) is 6.93. The van der Waals surface area contributed by atoms with E-state index in [4.69, 9.17) is 0 Å². The number of piperidine rings is 1. The molecule has 0 radical (unpaired) electrons. The Bertz CT molecular complexity index is 459. The van der Waals surface area contributed by atoms with Crippen LogP contribution in [0, 0.1) is 17.7 Å². The van der Waals surface area contributed by atoms with E-state index in [0.717, 1.165) is 37.3 Å². The zero-order valence-corrected chi connectivity index (χ0v) is 13.8. The predicted molar refractivity (Wildman–Crippen MR) is 88.3 cm³/mol. The van der Waals surface area contributed by atoms with Crippen molar-refractivity contribution >= 4 is 5.69 Å². The molecule has 0 aliphatic carbocycles. The Balaban J connectivity index is 2.06. The summed E-state index contributed by atoms with van der Waals surface area (Å²) in [6.07, 6.45) is 2.42. The standard InChI is InChI=1S/C18H29FN2/c1-13(2)11-20-15(4)16-7-8-18(17(19)10-16)21-9-5-6-14(3)12-21/h7-8,10,13-15,20H,5-6,9,11-12H2,1-4H3/t14-,15+/m1/s1. The average molecular weight is 292 g/mol. The molecule has 1 heterocycles. The number of anilines is 1. The van der Waals surface area contributed by atoms with E-state index in [-0.39, 0.29) is 11.9 Å². The molecule has 0 amide bonds. The summed E-state index contributed by atoms with van der Waals surface area (Å²) in [6.45, 7) is 11.6. The first-order chi connectivity index (χ1) is 9.97. The third-order valence-electron chi connectivity index (χ3n) is 4.30. The van der Waals surface area contributed by atoms with Gasteiger partial charge in [-0.1, -0.05) is 26.8 Å². The minimum atomic E-state index is -0.0835. The summed E-state index contributed by atoms with van der Waals surface area (Å²) in [6, 6.07) is 5.91. The van der Waals surface area contributed by atoms with E-state index in [9.17, 15) is 4.39 Å². The SMILES string of the molecule is CC(C)CN[C@@H](C)c1ccc(N2CCC[C@@H](C)C2)c(F)c1. The molecule has 1 aliphatic rings. The van der Waals surface area contributed by atoms with Crippen LogP contribution in [-0.4, -0.2) is 19.6 Å². The molecule has 1 fully saturated rings. The topological polar surface area (TPSA) is 15.3 Å². The third-order valence-corrected chi connectivity index (χ3v) is 4.30. The van der Waals surface area contributed by atoms with Gasteiger partial charge in [0, 0.05) is 19.1 Å². The summed E-state index contributed by atoms with van der Waals surface area (Å²) >= 11 is 0. The van der Waals surface area contributed by atoms with Crippen LogP contribution in [0.5, 0.6) is 0 Å². The van der Waals surface area contributed by atoms with Gasteiger partial charge in [0.15, 0.2) is 0 Å². The van der Waals surface area contributed by atoms with E-state index >= 15 is 0 Å². The van der Waals surface area contributed by atoms with Crippen LogP contribution < -0.4 is 10.2 Å². The first-order valence-electron chi connectivity index (χ1n) is 8.25. The fraction of sp³-hybridized carbons (Fsp3) is 0.667. The zero-order valence-electron chi connectivity index (χ0n) is 13.8. The fourth-order valence-electron chi connectivity index (χ4n) is 2.99. The summed E-state index contributed by atoms with van der Waals surface area (Å²) in [5.41, 5.74) is 1.79. The molecular formula is C18H29FN2. The lowest BCUT2D eigenvalue weighted by Gasteiger charge is -2.33. The molecule has 0 spiro atoms. The van der Waals surface area contributed by atoms with E-state index in [2.05, 4.69) is 44.0 Å². The number of nitrogens with zero attached hydrogens (tertiary/aromatic N) is 1. The molecule has 0 aromatic heterocycles. The second kappa shape index (κ2) is 7.26. The third kappa shape index (κ3) is 4.44. The monoisotopic (exact) mass is 292 g/mol. The molecule has 118 valence electrons. The van der Waals surface area contributed by atoms with Crippen molar-refractivity contribution in [3.05, 3.63) is 29.6 Å². The van der Waals surface area contributed by atoms with Crippen LogP contribution >= 0.6 is 0 Å². The molecule has 2 nitrogen and oxygen atoms in total. The van der Waals surface area contributed by atoms with E-state index in [1.807, 2.05) is 6.07 Å². The van der Waals surface area contributed by atoms with Crippen molar-refractivity contribution in [1.29, 1.82) is 0 Å². The van der Waals surface area contributed by atoms with Gasteiger partial charge in [-0.2, -0.15) is 0 Å². The van der Waals surface area contributed by atoms with Crippen molar-refractivity contribution in [2.75, 3.05) is 24.5 Å². The molecule has 0 unspecified atom stereocenters. The summed E-state index contributed by atoms with van der Waals surface area (Å²) in [5.74, 6) is 1.18. The van der Waals surface area contributed by atoms with Gasteiger partial charge in [-0.25, -0.2) is 4.39 Å². The Hall–Kier alpha value is -1.09. The van der Waals surface area contributed by atoms with E-state index in [1.54, 1.807) is 6.07 Å². The fourth-order valence-corrected chi connectivity index (χ4v) is 2.99. The van der Waals surface area contributed by atoms with Crippen molar-refractivity contribution < 1.29 is 4.39 Å². The summed E-state index contributed by atoms with van der Waals surface area (Å²) < 4.78 is 14.5. The molecule has 21 heavy (non-hydrogen) atoms. The predicted octanol–water partition coefficient (Wildman–Crippen LogP) is 4.37. The van der Waals surface area contributed by atoms with Gasteiger partial charge in [0.25, 0.3) is 0 Å². The maximum absolute atomic E-state index is 14.5. The number of nitrogens with one attached hydrogen (secondary N) is 1. The largest absolute Gasteiger partial charge is 0.369 e. The van der Waals surface area contributed by atoms with Crippen LogP contribution in [0.3, 0.4) is 0 Å². The van der Waals surface area contributed by atoms with Crippen LogP contribution in [0.15, 0.2) is 18.2 Å². The lowest BCUT2D eigenvalue weighted by molar-refractivity contribution is 0.441. The van der Waals surface area contributed by atoms with Gasteiger partial charge in [-0.15, -0.1) is 0 Å². The van der Waals surface area contributed by atoms with E-state index in [0.29, 0.717) is 11.8 Å². The normalized spacial score (nSPS) is 20.9. The quantitative estimate of drug-likeness (QED) is 0.867. The molecule has 0 bridgehead atoms. The number of hydrogen-bond acceptors (Lipinski definition) is 2. The van der Waals surface area contributed by atoms with Crippen molar-refractivity contribution in [2.24, 2.45) is 11.8 Å². The van der Waals surface area contributed by atoms with E-state index in [1.165, 1.54) is 6.42 Å². The highest BCUT2D eigenvalue weighted by Gasteiger charge is 2.19. The molecule has 3 heteroatoms. The van der Waals surface area contributed by atoms with Gasteiger partial charge < -0.3 is 10.2 Å². The zero-order chi connectivity index (χ0) is 15.4. The Labute approximate surface area is 128 Å². The highest BCUT2D eigenvalue weighted by atomic mass is 19.1. The van der Waals surface area contributed by atoms with E-state index < -0.39 is 0 Å². The van der Waals surface area contributed by atoms with Crippen molar-refractivity contribution in [3.8, 4) is 0 Å². The molecule has 1 N–H and O–H groups in total. The molecule has 1 aromatic rings. The Morgan fingerprint density at radius 3 is 2.71 bits per heavy atom. The van der Waals surface area contributed by atoms with Gasteiger partial charge >= 0.3 is 0 Å². The van der Waals surface area contributed by atoms with Crippen LogP contribution in [0.4, 0.5) is 10.1 Å². The van der Waals surface area contributed by atoms with Crippen LogP contribution in [0.25, 0.3) is 0 Å². The number of rotatable bonds is 5. The van der Waals surface area contributed by atoms with Crippen LogP contribution in [-0.2, 0) is 0 Å². The first-order valence-corrected chi connectivity index (χ1v) is 8.25. The number of hydrogen-bond donors (Lipinski definition) is 1. The smallest absolute Gasteiger partial charge is 0.146 e. The van der Waals surface area contributed by atoms with Gasteiger partial charge in [0.05, 0.1) is 5.69 Å². The highest BCUT2D eigenvalue weighted by Crippen LogP contribution is 2.27. The highest BCUT2D eigenvalue weighted by molar-refractivity contribution is 5.50. The molecular weight excluding hydrogens is 263 g/mol. The Morgan fingerprint density at radius 1 is 1.33 bits per heavy atom. The van der Waals surface area contributed by atoms with Gasteiger partial charge in [0.2, 0.25) is 0 Å². The Morgan fingerprint density at radius 2 is 2.10 bits per heavy atom. The van der Waals surface area contributed by atoms with Crippen molar-refractivity contribution in [1.82, 2.24) is 5.32 Å². The minimum absolute atomic E-state index is 0.0835. The molecule has 1 aromatic carbocycles. The maximum Gasteiger partial charge on any atom is 0.146 e. The summed E-state index contributed by atoms with van der Waals surface area (Å²) in [4.78, 5) is 2.19. The van der Waals surface area contributed by atoms with Gasteiger partial charge in [0.1, 0.15) is 5.82 Å². The second-order valence-electron chi connectivity index (χ2n) is 6.93. The van der Waals surface area contributed by atoms with Crippen molar-refractivity contribution in [3.63, 3.8) is 0 Å². The molecule has 2 atom stereocenters. The number of halogens is 1. The number of benzene rings is 1.